The van der Waals surface area contributed by atoms with Crippen LogP contribution in [0.15, 0.2) is 72.8 Å². The molecule has 0 aliphatic carbocycles. The van der Waals surface area contributed by atoms with Crippen molar-refractivity contribution in [2.75, 3.05) is 14.2 Å². The lowest BCUT2D eigenvalue weighted by Gasteiger charge is -2.30. The molecule has 1 aliphatic heterocycles. The van der Waals surface area contributed by atoms with Crippen molar-refractivity contribution >= 4 is 6.29 Å². The lowest BCUT2D eigenvalue weighted by atomic mass is 9.97. The van der Waals surface area contributed by atoms with Gasteiger partial charge in [-0.1, -0.05) is 61.5 Å². The zero-order valence-corrected chi connectivity index (χ0v) is 18.3. The van der Waals surface area contributed by atoms with Gasteiger partial charge in [0, 0.05) is 12.6 Å². The SMILES string of the molecule is COc1cccc(OC)c1C1CC(C)C(C=O)N1Cc1cccc(-c2ccccc2)c1. The van der Waals surface area contributed by atoms with Crippen LogP contribution in [-0.4, -0.2) is 31.4 Å². The van der Waals surface area contributed by atoms with Crippen molar-refractivity contribution < 1.29 is 14.3 Å². The van der Waals surface area contributed by atoms with Gasteiger partial charge in [-0.3, -0.25) is 4.90 Å². The van der Waals surface area contributed by atoms with Gasteiger partial charge in [0.25, 0.3) is 0 Å². The van der Waals surface area contributed by atoms with E-state index in [4.69, 9.17) is 9.47 Å². The summed E-state index contributed by atoms with van der Waals surface area (Å²) in [5.74, 6) is 1.84. The predicted molar refractivity (Wildman–Crippen MR) is 123 cm³/mol. The maximum atomic E-state index is 12.1. The van der Waals surface area contributed by atoms with Crippen LogP contribution in [0.25, 0.3) is 11.1 Å². The van der Waals surface area contributed by atoms with E-state index in [1.807, 2.05) is 24.3 Å². The summed E-state index contributed by atoms with van der Waals surface area (Å²) < 4.78 is 11.4. The quantitative estimate of drug-likeness (QED) is 0.476. The molecule has 4 nitrogen and oxygen atoms in total. The van der Waals surface area contributed by atoms with E-state index < -0.39 is 0 Å². The molecule has 1 saturated heterocycles. The third-order valence-electron chi connectivity index (χ3n) is 6.30. The third-order valence-corrected chi connectivity index (χ3v) is 6.30. The number of nitrogens with zero attached hydrogens (tertiary/aromatic N) is 1. The Morgan fingerprint density at radius 3 is 2.19 bits per heavy atom. The van der Waals surface area contributed by atoms with Gasteiger partial charge in [-0.15, -0.1) is 0 Å². The average Bonchev–Trinajstić information content (AvgIpc) is 3.13. The fourth-order valence-corrected chi connectivity index (χ4v) is 4.77. The highest BCUT2D eigenvalue weighted by Crippen LogP contribution is 2.46. The molecule has 0 radical (unpaired) electrons. The number of rotatable bonds is 7. The highest BCUT2D eigenvalue weighted by molar-refractivity contribution is 5.64. The number of ether oxygens (including phenoxy) is 2. The third kappa shape index (κ3) is 4.21. The normalized spacial score (nSPS) is 21.1. The summed E-state index contributed by atoms with van der Waals surface area (Å²) in [7, 11) is 3.36. The Labute approximate surface area is 184 Å². The first-order valence-electron chi connectivity index (χ1n) is 10.7. The number of carbonyl (C=O) groups excluding carboxylic acids is 1. The van der Waals surface area contributed by atoms with Crippen LogP contribution in [0.4, 0.5) is 0 Å². The molecular weight excluding hydrogens is 386 g/mol. The fraction of sp³-hybridized carbons (Fsp3) is 0.296. The van der Waals surface area contributed by atoms with Crippen molar-refractivity contribution in [3.05, 3.63) is 83.9 Å². The van der Waals surface area contributed by atoms with E-state index in [0.717, 1.165) is 29.8 Å². The molecular formula is C27H29NO3. The van der Waals surface area contributed by atoms with E-state index in [-0.39, 0.29) is 18.0 Å². The Balaban J connectivity index is 1.71. The maximum Gasteiger partial charge on any atom is 0.137 e. The number of hydrogen-bond donors (Lipinski definition) is 0. The summed E-state index contributed by atoms with van der Waals surface area (Å²) in [5, 5.41) is 0. The number of aldehydes is 1. The van der Waals surface area contributed by atoms with Crippen LogP contribution in [0.2, 0.25) is 0 Å². The zero-order chi connectivity index (χ0) is 21.8. The minimum atomic E-state index is -0.153. The molecule has 0 aromatic heterocycles. The van der Waals surface area contributed by atoms with E-state index in [0.29, 0.717) is 6.54 Å². The van der Waals surface area contributed by atoms with Crippen LogP contribution in [0, 0.1) is 5.92 Å². The van der Waals surface area contributed by atoms with Gasteiger partial charge in [-0.05, 0) is 47.2 Å². The van der Waals surface area contributed by atoms with Crippen LogP contribution in [0.5, 0.6) is 11.5 Å². The Morgan fingerprint density at radius 1 is 0.903 bits per heavy atom. The smallest absolute Gasteiger partial charge is 0.137 e. The Kier molecular flexibility index (Phi) is 6.38. The number of likely N-dealkylation sites (tertiary alicyclic amines) is 1. The summed E-state index contributed by atoms with van der Waals surface area (Å²) in [4.78, 5) is 14.4. The Bertz CT molecular complexity index is 1010. The second kappa shape index (κ2) is 9.36. The minimum absolute atomic E-state index is 0.0386. The monoisotopic (exact) mass is 415 g/mol. The van der Waals surface area contributed by atoms with Gasteiger partial charge in [0.15, 0.2) is 0 Å². The van der Waals surface area contributed by atoms with E-state index >= 15 is 0 Å². The molecule has 0 spiro atoms. The lowest BCUT2D eigenvalue weighted by Crippen LogP contribution is -2.34. The van der Waals surface area contributed by atoms with Crippen molar-refractivity contribution in [2.45, 2.75) is 32.0 Å². The average molecular weight is 416 g/mol. The van der Waals surface area contributed by atoms with Crippen molar-refractivity contribution in [2.24, 2.45) is 5.92 Å². The van der Waals surface area contributed by atoms with Gasteiger partial charge < -0.3 is 14.3 Å². The fourth-order valence-electron chi connectivity index (χ4n) is 4.77. The maximum absolute atomic E-state index is 12.1. The molecule has 1 fully saturated rings. The first-order valence-corrected chi connectivity index (χ1v) is 10.7. The number of methoxy groups -OCH3 is 2. The van der Waals surface area contributed by atoms with Gasteiger partial charge in [0.1, 0.15) is 17.8 Å². The highest BCUT2D eigenvalue weighted by atomic mass is 16.5. The number of hydrogen-bond acceptors (Lipinski definition) is 4. The molecule has 160 valence electrons. The lowest BCUT2D eigenvalue weighted by molar-refractivity contribution is -0.113. The summed E-state index contributed by atoms with van der Waals surface area (Å²) in [5.41, 5.74) is 4.57. The standard InChI is InChI=1S/C27H29NO3/c1-19-15-23(27-25(30-2)13-8-14-26(27)31-3)28(24(19)18-29)17-20-9-7-12-22(16-20)21-10-5-4-6-11-21/h4-14,16,18-19,23-24H,15,17H2,1-3H3. The largest absolute Gasteiger partial charge is 0.496 e. The summed E-state index contributed by atoms with van der Waals surface area (Å²) >= 11 is 0. The first-order chi connectivity index (χ1) is 15.2. The van der Waals surface area contributed by atoms with Gasteiger partial charge in [-0.25, -0.2) is 0 Å². The first kappa shape index (κ1) is 21.1. The van der Waals surface area contributed by atoms with Gasteiger partial charge in [-0.2, -0.15) is 0 Å². The van der Waals surface area contributed by atoms with Crippen molar-refractivity contribution in [3.63, 3.8) is 0 Å². The second-order valence-electron chi connectivity index (χ2n) is 8.17. The van der Waals surface area contributed by atoms with Crippen LogP contribution in [0.1, 0.15) is 30.5 Å². The van der Waals surface area contributed by atoms with E-state index in [1.54, 1.807) is 14.2 Å². The van der Waals surface area contributed by atoms with Gasteiger partial charge in [0.2, 0.25) is 0 Å². The van der Waals surface area contributed by atoms with E-state index in [1.165, 1.54) is 16.7 Å². The number of carbonyl (C=O) groups is 1. The van der Waals surface area contributed by atoms with Crippen LogP contribution >= 0.6 is 0 Å². The van der Waals surface area contributed by atoms with E-state index in [9.17, 15) is 4.79 Å². The molecule has 4 rings (SSSR count). The molecule has 4 heteroatoms. The molecule has 31 heavy (non-hydrogen) atoms. The van der Waals surface area contributed by atoms with Gasteiger partial charge >= 0.3 is 0 Å². The molecule has 3 aromatic rings. The highest BCUT2D eigenvalue weighted by Gasteiger charge is 2.41. The van der Waals surface area contributed by atoms with E-state index in [2.05, 4.69) is 60.4 Å². The topological polar surface area (TPSA) is 38.8 Å². The molecule has 3 atom stereocenters. The van der Waals surface area contributed by atoms with Crippen molar-refractivity contribution in [1.82, 2.24) is 4.90 Å². The number of benzene rings is 3. The molecule has 3 aromatic carbocycles. The molecule has 0 amide bonds. The summed E-state index contributed by atoms with van der Waals surface area (Å²) in [6.45, 7) is 2.83. The van der Waals surface area contributed by atoms with Crippen LogP contribution in [-0.2, 0) is 11.3 Å². The molecule has 3 unspecified atom stereocenters. The second-order valence-corrected chi connectivity index (χ2v) is 8.17. The zero-order valence-electron chi connectivity index (χ0n) is 18.3. The molecule has 1 aliphatic rings. The Hall–Kier alpha value is -3.11. The van der Waals surface area contributed by atoms with Gasteiger partial charge in [0.05, 0.1) is 25.8 Å². The van der Waals surface area contributed by atoms with Crippen molar-refractivity contribution in [3.8, 4) is 22.6 Å². The van der Waals surface area contributed by atoms with Crippen LogP contribution < -0.4 is 9.47 Å². The Morgan fingerprint density at radius 2 is 1.55 bits per heavy atom. The predicted octanol–water partition coefficient (Wildman–Crippen LogP) is 5.52. The molecule has 0 N–H and O–H groups in total. The van der Waals surface area contributed by atoms with Crippen molar-refractivity contribution in [1.29, 1.82) is 0 Å². The van der Waals surface area contributed by atoms with Crippen LogP contribution in [0.3, 0.4) is 0 Å². The minimum Gasteiger partial charge on any atom is -0.496 e. The molecule has 1 heterocycles. The molecule has 0 saturated carbocycles. The molecule has 0 bridgehead atoms. The summed E-state index contributed by atoms with van der Waals surface area (Å²) in [6, 6.07) is 24.7. The summed E-state index contributed by atoms with van der Waals surface area (Å²) in [6.07, 6.45) is 1.96.